The van der Waals surface area contributed by atoms with Crippen molar-refractivity contribution in [1.82, 2.24) is 15.0 Å². The van der Waals surface area contributed by atoms with E-state index in [1.165, 1.54) is 0 Å². The van der Waals surface area contributed by atoms with Crippen molar-refractivity contribution in [1.29, 1.82) is 0 Å². The summed E-state index contributed by atoms with van der Waals surface area (Å²) in [6.45, 7) is 2.67. The highest BCUT2D eigenvalue weighted by Crippen LogP contribution is 2.29. The molecule has 0 aliphatic rings. The van der Waals surface area contributed by atoms with E-state index >= 15 is 0 Å². The molecule has 23 heavy (non-hydrogen) atoms. The number of fused-ring (bicyclic) bond motifs is 1. The second-order valence-electron chi connectivity index (χ2n) is 5.47. The van der Waals surface area contributed by atoms with Gasteiger partial charge in [0.25, 0.3) is 0 Å². The van der Waals surface area contributed by atoms with Crippen molar-refractivity contribution in [3.8, 4) is 5.88 Å². The number of unbranched alkanes of at least 4 members (excludes halogenated alkanes) is 1. The van der Waals surface area contributed by atoms with E-state index in [-0.39, 0.29) is 11.5 Å². The molecule has 3 aromatic rings. The molecule has 0 atom stereocenters. The maximum absolute atomic E-state index is 11.7. The van der Waals surface area contributed by atoms with Gasteiger partial charge >= 0.3 is 5.69 Å². The molecular weight excluding hydrogens is 292 g/mol. The summed E-state index contributed by atoms with van der Waals surface area (Å²) in [5.41, 5.74) is 8.81. The van der Waals surface area contributed by atoms with Crippen molar-refractivity contribution in [3.63, 3.8) is 0 Å². The van der Waals surface area contributed by atoms with Gasteiger partial charge in [-0.15, -0.1) is 0 Å². The first-order valence-electron chi connectivity index (χ1n) is 7.76. The van der Waals surface area contributed by atoms with Crippen molar-refractivity contribution in [2.45, 2.75) is 26.2 Å². The number of hydrogen-bond donors (Lipinski definition) is 3. The Hall–Kier alpha value is -2.76. The highest BCUT2D eigenvalue weighted by atomic mass is 16.5. The zero-order chi connectivity index (χ0) is 16.2. The highest BCUT2D eigenvalue weighted by Gasteiger charge is 2.17. The lowest BCUT2D eigenvalue weighted by atomic mass is 10.0. The predicted molar refractivity (Wildman–Crippen MR) is 90.8 cm³/mol. The van der Waals surface area contributed by atoms with Gasteiger partial charge in [0.05, 0.1) is 12.1 Å². The van der Waals surface area contributed by atoms with Crippen LogP contribution >= 0.6 is 0 Å². The lowest BCUT2D eigenvalue weighted by molar-refractivity contribution is 0.296. The van der Waals surface area contributed by atoms with E-state index in [2.05, 4.69) is 21.9 Å². The average molecular weight is 312 g/mol. The third kappa shape index (κ3) is 3.21. The lowest BCUT2D eigenvalue weighted by Gasteiger charge is -2.12. The molecule has 0 aliphatic heterocycles. The fraction of sp³-hybridized carbons (Fsp3) is 0.294. The van der Waals surface area contributed by atoms with Gasteiger partial charge in [0.2, 0.25) is 5.88 Å². The molecule has 0 saturated carbocycles. The number of anilines is 1. The molecule has 0 unspecified atom stereocenters. The lowest BCUT2D eigenvalue weighted by Crippen LogP contribution is -2.06. The maximum atomic E-state index is 11.7. The standard InChI is InChI=1S/C17H20N4O2/c1-2-3-9-23-16-12(10-11-7-5-4-6-8-11)13-14(15(18)21-16)20-17(22)19-13/h4-8H,2-3,9-10H2,1H3,(H2,18,21)(H2,19,20,22). The summed E-state index contributed by atoms with van der Waals surface area (Å²) in [4.78, 5) is 21.5. The number of hydrogen-bond acceptors (Lipinski definition) is 4. The van der Waals surface area contributed by atoms with Crippen LogP contribution in [0.3, 0.4) is 0 Å². The third-order valence-electron chi connectivity index (χ3n) is 3.73. The van der Waals surface area contributed by atoms with Crippen LogP contribution in [-0.4, -0.2) is 21.6 Å². The van der Waals surface area contributed by atoms with Gasteiger partial charge in [-0.3, -0.25) is 0 Å². The highest BCUT2D eigenvalue weighted by molar-refractivity contribution is 5.88. The summed E-state index contributed by atoms with van der Waals surface area (Å²) in [5, 5.41) is 0. The molecular formula is C17H20N4O2. The number of nitrogens with two attached hydrogens (primary N) is 1. The van der Waals surface area contributed by atoms with Crippen LogP contribution in [0.15, 0.2) is 35.1 Å². The molecule has 0 radical (unpaired) electrons. The Bertz CT molecular complexity index is 852. The molecule has 4 N–H and O–H groups in total. The number of nitrogens with one attached hydrogen (secondary N) is 2. The first kappa shape index (κ1) is 15.1. The number of rotatable bonds is 6. The quantitative estimate of drug-likeness (QED) is 0.609. The number of nitrogen functional groups attached to an aromatic ring is 1. The van der Waals surface area contributed by atoms with Gasteiger partial charge in [0, 0.05) is 12.0 Å². The molecule has 6 heteroatoms. The second-order valence-corrected chi connectivity index (χ2v) is 5.47. The van der Waals surface area contributed by atoms with Gasteiger partial charge < -0.3 is 20.4 Å². The van der Waals surface area contributed by atoms with E-state index in [0.717, 1.165) is 24.0 Å². The van der Waals surface area contributed by atoms with E-state index < -0.39 is 0 Å². The Labute approximate surface area is 133 Å². The number of ether oxygens (including phenoxy) is 1. The van der Waals surface area contributed by atoms with Crippen molar-refractivity contribution in [3.05, 3.63) is 51.9 Å². The number of H-pyrrole nitrogens is 2. The van der Waals surface area contributed by atoms with Crippen molar-refractivity contribution < 1.29 is 4.74 Å². The summed E-state index contributed by atoms with van der Waals surface area (Å²) in [5.74, 6) is 0.754. The summed E-state index contributed by atoms with van der Waals surface area (Å²) >= 11 is 0. The Balaban J connectivity index is 2.08. The van der Waals surface area contributed by atoms with Crippen LogP contribution in [0.1, 0.15) is 30.9 Å². The van der Waals surface area contributed by atoms with Crippen molar-refractivity contribution >= 4 is 16.9 Å². The van der Waals surface area contributed by atoms with Crippen LogP contribution in [0.25, 0.3) is 11.0 Å². The fourth-order valence-corrected chi connectivity index (χ4v) is 2.54. The molecule has 0 bridgehead atoms. The van der Waals surface area contributed by atoms with Gasteiger partial charge in [-0.2, -0.15) is 4.98 Å². The topological polar surface area (TPSA) is 96.8 Å². The van der Waals surface area contributed by atoms with Gasteiger partial charge in [-0.05, 0) is 12.0 Å². The van der Waals surface area contributed by atoms with E-state index in [1.54, 1.807) is 0 Å². The SMILES string of the molecule is CCCCOc1nc(N)c2[nH]c(=O)[nH]c2c1Cc1ccccc1. The van der Waals surface area contributed by atoms with Crippen molar-refractivity contribution in [2.24, 2.45) is 0 Å². The monoisotopic (exact) mass is 312 g/mol. The van der Waals surface area contributed by atoms with Crippen LogP contribution in [-0.2, 0) is 6.42 Å². The zero-order valence-corrected chi connectivity index (χ0v) is 13.1. The molecule has 3 rings (SSSR count). The van der Waals surface area contributed by atoms with Gasteiger partial charge in [0.15, 0.2) is 5.82 Å². The molecule has 0 spiro atoms. The Morgan fingerprint density at radius 2 is 1.91 bits per heavy atom. The maximum Gasteiger partial charge on any atom is 0.323 e. The summed E-state index contributed by atoms with van der Waals surface area (Å²) < 4.78 is 5.82. The molecule has 0 saturated heterocycles. The summed E-state index contributed by atoms with van der Waals surface area (Å²) in [6.07, 6.45) is 2.58. The average Bonchev–Trinajstić information content (AvgIpc) is 2.94. The van der Waals surface area contributed by atoms with Crippen LogP contribution in [0, 0.1) is 0 Å². The molecule has 2 heterocycles. The van der Waals surface area contributed by atoms with E-state index in [4.69, 9.17) is 10.5 Å². The van der Waals surface area contributed by atoms with Crippen molar-refractivity contribution in [2.75, 3.05) is 12.3 Å². The fourth-order valence-electron chi connectivity index (χ4n) is 2.54. The largest absolute Gasteiger partial charge is 0.477 e. The summed E-state index contributed by atoms with van der Waals surface area (Å²) in [6, 6.07) is 9.99. The number of imidazole rings is 1. The molecule has 120 valence electrons. The number of pyridine rings is 1. The number of aromatic amines is 2. The van der Waals surface area contributed by atoms with Gasteiger partial charge in [0.1, 0.15) is 5.52 Å². The smallest absolute Gasteiger partial charge is 0.323 e. The Morgan fingerprint density at radius 1 is 1.17 bits per heavy atom. The Morgan fingerprint density at radius 3 is 2.65 bits per heavy atom. The third-order valence-corrected chi connectivity index (χ3v) is 3.73. The normalized spacial score (nSPS) is 11.0. The van der Waals surface area contributed by atoms with Crippen LogP contribution in [0.2, 0.25) is 0 Å². The predicted octanol–water partition coefficient (Wildman–Crippen LogP) is 2.60. The first-order valence-corrected chi connectivity index (χ1v) is 7.76. The van der Waals surface area contributed by atoms with Gasteiger partial charge in [-0.25, -0.2) is 4.79 Å². The summed E-state index contributed by atoms with van der Waals surface area (Å²) in [7, 11) is 0. The molecule has 0 aliphatic carbocycles. The number of aromatic nitrogens is 3. The molecule has 0 amide bonds. The number of benzene rings is 1. The van der Waals surface area contributed by atoms with E-state index in [1.807, 2.05) is 30.3 Å². The number of nitrogens with zero attached hydrogens (tertiary/aromatic N) is 1. The van der Waals surface area contributed by atoms with E-state index in [0.29, 0.717) is 29.9 Å². The minimum atomic E-state index is -0.298. The van der Waals surface area contributed by atoms with Crippen LogP contribution < -0.4 is 16.2 Å². The van der Waals surface area contributed by atoms with E-state index in [9.17, 15) is 4.79 Å². The first-order chi connectivity index (χ1) is 11.2. The van der Waals surface area contributed by atoms with Crippen LogP contribution in [0.5, 0.6) is 5.88 Å². The molecule has 2 aromatic heterocycles. The minimum absolute atomic E-state index is 0.265. The van der Waals surface area contributed by atoms with Crippen LogP contribution in [0.4, 0.5) is 5.82 Å². The molecule has 0 fully saturated rings. The zero-order valence-electron chi connectivity index (χ0n) is 13.1. The molecule has 6 nitrogen and oxygen atoms in total. The second kappa shape index (κ2) is 6.56. The molecule has 1 aromatic carbocycles. The Kier molecular flexibility index (Phi) is 4.32. The van der Waals surface area contributed by atoms with Gasteiger partial charge in [-0.1, -0.05) is 43.7 Å². The minimum Gasteiger partial charge on any atom is -0.477 e.